The first kappa shape index (κ1) is 15.5. The highest BCUT2D eigenvalue weighted by Crippen LogP contribution is 2.16. The van der Waals surface area contributed by atoms with Crippen LogP contribution in [0.3, 0.4) is 0 Å². The Hall–Kier alpha value is -1.85. The third-order valence-corrected chi connectivity index (χ3v) is 4.31. The lowest BCUT2D eigenvalue weighted by Gasteiger charge is -2.11. The standard InChI is InChI=1S/C16H19NO3S/c1-20-12-14-6-4-3-5-13(14)11-17-15-7-9-16(10-8-15)21(2,18)19/h3-10,17H,11-12H2,1-2H3. The maximum absolute atomic E-state index is 11.4. The van der Waals surface area contributed by atoms with Crippen LogP contribution in [0, 0.1) is 0 Å². The minimum Gasteiger partial charge on any atom is -0.381 e. The summed E-state index contributed by atoms with van der Waals surface area (Å²) in [6, 6.07) is 14.8. The molecule has 0 aliphatic carbocycles. The molecule has 1 N–H and O–H groups in total. The molecular formula is C16H19NO3S. The van der Waals surface area contributed by atoms with Gasteiger partial charge in [0.05, 0.1) is 11.5 Å². The van der Waals surface area contributed by atoms with Gasteiger partial charge >= 0.3 is 0 Å². The van der Waals surface area contributed by atoms with Crippen LogP contribution >= 0.6 is 0 Å². The summed E-state index contributed by atoms with van der Waals surface area (Å²) in [7, 11) is -1.47. The van der Waals surface area contributed by atoms with E-state index in [9.17, 15) is 8.42 Å². The molecule has 5 heteroatoms. The van der Waals surface area contributed by atoms with Crippen molar-refractivity contribution in [2.75, 3.05) is 18.7 Å². The minimum atomic E-state index is -3.15. The Morgan fingerprint density at radius 1 is 1.00 bits per heavy atom. The smallest absolute Gasteiger partial charge is 0.175 e. The first-order valence-electron chi connectivity index (χ1n) is 6.60. The van der Waals surface area contributed by atoms with Gasteiger partial charge in [0.1, 0.15) is 0 Å². The van der Waals surface area contributed by atoms with E-state index in [0.29, 0.717) is 18.0 Å². The highest BCUT2D eigenvalue weighted by Gasteiger charge is 2.06. The lowest BCUT2D eigenvalue weighted by molar-refractivity contribution is 0.184. The number of anilines is 1. The molecule has 0 aliphatic rings. The Morgan fingerprint density at radius 2 is 1.62 bits per heavy atom. The lowest BCUT2D eigenvalue weighted by Crippen LogP contribution is -2.04. The van der Waals surface area contributed by atoms with Crippen molar-refractivity contribution >= 4 is 15.5 Å². The highest BCUT2D eigenvalue weighted by atomic mass is 32.2. The number of hydrogen-bond acceptors (Lipinski definition) is 4. The molecule has 0 aromatic heterocycles. The van der Waals surface area contributed by atoms with Crippen LogP contribution in [0.2, 0.25) is 0 Å². The molecule has 4 nitrogen and oxygen atoms in total. The molecule has 0 bridgehead atoms. The quantitative estimate of drug-likeness (QED) is 0.891. The lowest BCUT2D eigenvalue weighted by atomic mass is 10.1. The second-order valence-corrected chi connectivity index (χ2v) is 6.87. The number of hydrogen-bond donors (Lipinski definition) is 1. The van der Waals surface area contributed by atoms with Crippen molar-refractivity contribution in [1.29, 1.82) is 0 Å². The number of methoxy groups -OCH3 is 1. The van der Waals surface area contributed by atoms with Crippen molar-refractivity contribution in [2.45, 2.75) is 18.0 Å². The summed E-state index contributed by atoms with van der Waals surface area (Å²) in [6.07, 6.45) is 1.20. The van der Waals surface area contributed by atoms with Gasteiger partial charge in [0.2, 0.25) is 0 Å². The molecule has 21 heavy (non-hydrogen) atoms. The zero-order chi connectivity index (χ0) is 15.3. The average Bonchev–Trinajstić information content (AvgIpc) is 2.46. The number of ether oxygens (including phenoxy) is 1. The Kier molecular flexibility index (Phi) is 4.98. The molecule has 2 aromatic carbocycles. The largest absolute Gasteiger partial charge is 0.381 e. The summed E-state index contributed by atoms with van der Waals surface area (Å²) in [5, 5.41) is 3.29. The number of rotatable bonds is 6. The summed E-state index contributed by atoms with van der Waals surface area (Å²) in [5.74, 6) is 0. The molecular weight excluding hydrogens is 286 g/mol. The molecule has 0 heterocycles. The van der Waals surface area contributed by atoms with Gasteiger partial charge in [-0.05, 0) is 35.4 Å². The maximum Gasteiger partial charge on any atom is 0.175 e. The third-order valence-electron chi connectivity index (χ3n) is 3.18. The molecule has 0 amide bonds. The van der Waals surface area contributed by atoms with Crippen LogP contribution in [-0.2, 0) is 27.7 Å². The van der Waals surface area contributed by atoms with E-state index < -0.39 is 9.84 Å². The van der Waals surface area contributed by atoms with Crippen LogP contribution in [0.15, 0.2) is 53.4 Å². The van der Waals surface area contributed by atoms with Crippen molar-refractivity contribution in [1.82, 2.24) is 0 Å². The number of nitrogens with one attached hydrogen (secondary N) is 1. The average molecular weight is 305 g/mol. The molecule has 0 spiro atoms. The molecule has 0 unspecified atom stereocenters. The molecule has 0 saturated carbocycles. The Bertz CT molecular complexity index is 694. The molecule has 2 rings (SSSR count). The van der Waals surface area contributed by atoms with Crippen molar-refractivity contribution in [3.05, 3.63) is 59.7 Å². The SMILES string of the molecule is COCc1ccccc1CNc1ccc(S(C)(=O)=O)cc1. The molecule has 0 atom stereocenters. The highest BCUT2D eigenvalue weighted by molar-refractivity contribution is 7.90. The number of sulfone groups is 1. The predicted molar refractivity (Wildman–Crippen MR) is 84.0 cm³/mol. The van der Waals surface area contributed by atoms with E-state index in [1.165, 1.54) is 6.26 Å². The van der Waals surface area contributed by atoms with Crippen LogP contribution in [0.4, 0.5) is 5.69 Å². The van der Waals surface area contributed by atoms with Gasteiger partial charge in [-0.2, -0.15) is 0 Å². The predicted octanol–water partition coefficient (Wildman–Crippen LogP) is 2.85. The van der Waals surface area contributed by atoms with Crippen molar-refractivity contribution in [3.63, 3.8) is 0 Å². The van der Waals surface area contributed by atoms with Gasteiger partial charge in [-0.25, -0.2) is 8.42 Å². The van der Waals surface area contributed by atoms with E-state index in [4.69, 9.17) is 4.74 Å². The maximum atomic E-state index is 11.4. The molecule has 0 aliphatic heterocycles. The van der Waals surface area contributed by atoms with E-state index in [2.05, 4.69) is 5.32 Å². The van der Waals surface area contributed by atoms with Crippen LogP contribution < -0.4 is 5.32 Å². The van der Waals surface area contributed by atoms with Crippen LogP contribution in [-0.4, -0.2) is 21.8 Å². The second-order valence-electron chi connectivity index (χ2n) is 4.85. The van der Waals surface area contributed by atoms with Crippen molar-refractivity contribution in [3.8, 4) is 0 Å². The summed E-state index contributed by atoms with van der Waals surface area (Å²) in [6.45, 7) is 1.24. The van der Waals surface area contributed by atoms with Gasteiger partial charge in [-0.15, -0.1) is 0 Å². The summed E-state index contributed by atoms with van der Waals surface area (Å²) in [4.78, 5) is 0.327. The fourth-order valence-corrected chi connectivity index (χ4v) is 2.67. The monoisotopic (exact) mass is 305 g/mol. The fourth-order valence-electron chi connectivity index (χ4n) is 2.04. The van der Waals surface area contributed by atoms with Gasteiger partial charge in [0, 0.05) is 25.6 Å². The third kappa shape index (κ3) is 4.31. The van der Waals surface area contributed by atoms with Crippen molar-refractivity contribution in [2.24, 2.45) is 0 Å². The van der Waals surface area contributed by atoms with E-state index in [-0.39, 0.29) is 0 Å². The summed E-state index contributed by atoms with van der Waals surface area (Å²) >= 11 is 0. The van der Waals surface area contributed by atoms with Crippen LogP contribution in [0.1, 0.15) is 11.1 Å². The van der Waals surface area contributed by atoms with Gasteiger partial charge in [-0.3, -0.25) is 0 Å². The van der Waals surface area contributed by atoms with Gasteiger partial charge in [0.25, 0.3) is 0 Å². The van der Waals surface area contributed by atoms with Gasteiger partial charge < -0.3 is 10.1 Å². The van der Waals surface area contributed by atoms with Crippen LogP contribution in [0.25, 0.3) is 0 Å². The van der Waals surface area contributed by atoms with Gasteiger partial charge in [0.15, 0.2) is 9.84 Å². The number of benzene rings is 2. The zero-order valence-electron chi connectivity index (χ0n) is 12.2. The Morgan fingerprint density at radius 3 is 2.19 bits per heavy atom. The summed E-state index contributed by atoms with van der Waals surface area (Å²) < 4.78 is 28.0. The summed E-state index contributed by atoms with van der Waals surface area (Å²) in [5.41, 5.74) is 3.18. The van der Waals surface area contributed by atoms with E-state index >= 15 is 0 Å². The van der Waals surface area contributed by atoms with E-state index in [1.54, 1.807) is 31.4 Å². The van der Waals surface area contributed by atoms with Gasteiger partial charge in [-0.1, -0.05) is 24.3 Å². The molecule has 2 aromatic rings. The molecule has 0 radical (unpaired) electrons. The Labute approximate surface area is 125 Å². The van der Waals surface area contributed by atoms with Crippen molar-refractivity contribution < 1.29 is 13.2 Å². The van der Waals surface area contributed by atoms with Crippen LogP contribution in [0.5, 0.6) is 0 Å². The normalized spacial score (nSPS) is 11.3. The Balaban J connectivity index is 2.07. The molecule has 112 valence electrons. The van der Waals surface area contributed by atoms with E-state index in [1.807, 2.05) is 24.3 Å². The first-order valence-corrected chi connectivity index (χ1v) is 8.49. The van der Waals surface area contributed by atoms with E-state index in [0.717, 1.165) is 16.8 Å². The fraction of sp³-hybridized carbons (Fsp3) is 0.250. The molecule has 0 saturated heterocycles. The zero-order valence-corrected chi connectivity index (χ0v) is 13.0. The molecule has 0 fully saturated rings. The minimum absolute atomic E-state index is 0.327. The topological polar surface area (TPSA) is 55.4 Å². The second kappa shape index (κ2) is 6.74. The first-order chi connectivity index (χ1) is 10.0.